The van der Waals surface area contributed by atoms with E-state index in [4.69, 9.17) is 16.6 Å². The summed E-state index contributed by atoms with van der Waals surface area (Å²) in [5, 5.41) is 0.635. The van der Waals surface area contributed by atoms with Crippen LogP contribution < -0.4 is 4.90 Å². The third-order valence-corrected chi connectivity index (χ3v) is 4.25. The van der Waals surface area contributed by atoms with E-state index in [1.54, 1.807) is 0 Å². The molecule has 0 unspecified atom stereocenters. The van der Waals surface area contributed by atoms with Gasteiger partial charge in [-0.1, -0.05) is 11.6 Å². The summed E-state index contributed by atoms with van der Waals surface area (Å²) in [6, 6.07) is 0. The Morgan fingerprint density at radius 1 is 1.22 bits per heavy atom. The molecule has 0 N–H and O–H groups in total. The number of anilines is 1. The summed E-state index contributed by atoms with van der Waals surface area (Å²) >= 11 is 6.27. The maximum Gasteiger partial charge on any atom is 0.137 e. The van der Waals surface area contributed by atoms with Crippen LogP contribution in [-0.2, 0) is 0 Å². The van der Waals surface area contributed by atoms with Crippen LogP contribution in [0.1, 0.15) is 49.9 Å². The standard InChI is InChI=1S/C14H20ClN3/c1-3-18(8-10-4-5-10)14-9(2)12(15)16-13(17-14)11-6-7-11/h10-11H,3-8H2,1-2H3. The average Bonchev–Trinajstić information content (AvgIpc) is 3.23. The van der Waals surface area contributed by atoms with Gasteiger partial charge in [-0.15, -0.1) is 0 Å². The van der Waals surface area contributed by atoms with Crippen molar-refractivity contribution in [3.63, 3.8) is 0 Å². The summed E-state index contributed by atoms with van der Waals surface area (Å²) in [6.45, 7) is 6.34. The van der Waals surface area contributed by atoms with E-state index >= 15 is 0 Å². The van der Waals surface area contributed by atoms with E-state index in [1.807, 2.05) is 6.92 Å². The summed E-state index contributed by atoms with van der Waals surface area (Å²) in [5.41, 5.74) is 1.03. The van der Waals surface area contributed by atoms with E-state index in [9.17, 15) is 0 Å². The SMILES string of the molecule is CCN(CC1CC1)c1nc(C2CC2)nc(Cl)c1C. The molecule has 0 amide bonds. The molecule has 2 aliphatic carbocycles. The smallest absolute Gasteiger partial charge is 0.137 e. The zero-order valence-electron chi connectivity index (χ0n) is 11.1. The predicted molar refractivity (Wildman–Crippen MR) is 74.4 cm³/mol. The molecule has 0 aliphatic heterocycles. The molecule has 0 radical (unpaired) electrons. The van der Waals surface area contributed by atoms with Crippen molar-refractivity contribution in [1.82, 2.24) is 9.97 Å². The molecule has 1 heterocycles. The van der Waals surface area contributed by atoms with Gasteiger partial charge in [0, 0.05) is 24.6 Å². The summed E-state index contributed by atoms with van der Waals surface area (Å²) in [6.07, 6.45) is 5.16. The fourth-order valence-corrected chi connectivity index (χ4v) is 2.47. The Morgan fingerprint density at radius 2 is 1.94 bits per heavy atom. The van der Waals surface area contributed by atoms with Gasteiger partial charge in [-0.2, -0.15) is 0 Å². The van der Waals surface area contributed by atoms with Crippen LogP contribution in [0.4, 0.5) is 5.82 Å². The van der Waals surface area contributed by atoms with Gasteiger partial charge in [0.1, 0.15) is 16.8 Å². The average molecular weight is 266 g/mol. The highest BCUT2D eigenvalue weighted by Crippen LogP contribution is 2.40. The molecule has 0 saturated heterocycles. The fourth-order valence-electron chi connectivity index (χ4n) is 2.30. The van der Waals surface area contributed by atoms with Gasteiger partial charge in [0.05, 0.1) is 0 Å². The van der Waals surface area contributed by atoms with Crippen LogP contribution in [0.15, 0.2) is 0 Å². The minimum atomic E-state index is 0.557. The first-order valence-corrected chi connectivity index (χ1v) is 7.35. The van der Waals surface area contributed by atoms with Crippen molar-refractivity contribution >= 4 is 17.4 Å². The van der Waals surface area contributed by atoms with E-state index in [1.165, 1.54) is 25.7 Å². The molecule has 1 aromatic heterocycles. The van der Waals surface area contributed by atoms with Gasteiger partial charge in [0.25, 0.3) is 0 Å². The normalized spacial score (nSPS) is 19.1. The minimum absolute atomic E-state index is 0.557. The molecular formula is C14H20ClN3. The molecule has 2 fully saturated rings. The van der Waals surface area contributed by atoms with Crippen molar-refractivity contribution < 1.29 is 0 Å². The zero-order valence-corrected chi connectivity index (χ0v) is 11.9. The van der Waals surface area contributed by atoms with Crippen molar-refractivity contribution in [2.24, 2.45) is 5.92 Å². The van der Waals surface area contributed by atoms with Gasteiger partial charge in [-0.25, -0.2) is 9.97 Å². The molecule has 18 heavy (non-hydrogen) atoms. The third-order valence-electron chi connectivity index (χ3n) is 3.88. The van der Waals surface area contributed by atoms with E-state index in [-0.39, 0.29) is 0 Å². The van der Waals surface area contributed by atoms with Crippen LogP contribution in [0.3, 0.4) is 0 Å². The van der Waals surface area contributed by atoms with Gasteiger partial charge >= 0.3 is 0 Å². The van der Waals surface area contributed by atoms with Crippen molar-refractivity contribution in [3.05, 3.63) is 16.5 Å². The number of halogens is 1. The topological polar surface area (TPSA) is 29.0 Å². The quantitative estimate of drug-likeness (QED) is 0.763. The lowest BCUT2D eigenvalue weighted by atomic mass is 10.2. The molecule has 0 aromatic carbocycles. The van der Waals surface area contributed by atoms with Crippen molar-refractivity contribution in [2.75, 3.05) is 18.0 Å². The molecule has 0 atom stereocenters. The molecule has 1 aromatic rings. The van der Waals surface area contributed by atoms with Crippen molar-refractivity contribution in [2.45, 2.75) is 45.4 Å². The Morgan fingerprint density at radius 3 is 2.50 bits per heavy atom. The largest absolute Gasteiger partial charge is 0.356 e. The number of rotatable bonds is 5. The Bertz CT molecular complexity index is 453. The highest BCUT2D eigenvalue weighted by atomic mass is 35.5. The van der Waals surface area contributed by atoms with E-state index in [0.717, 1.165) is 36.2 Å². The fraction of sp³-hybridized carbons (Fsp3) is 0.714. The first kappa shape index (κ1) is 12.2. The van der Waals surface area contributed by atoms with Crippen LogP contribution in [0.2, 0.25) is 5.15 Å². The van der Waals surface area contributed by atoms with Gasteiger partial charge in [-0.3, -0.25) is 0 Å². The summed E-state index contributed by atoms with van der Waals surface area (Å²) in [4.78, 5) is 11.6. The van der Waals surface area contributed by atoms with E-state index in [0.29, 0.717) is 11.1 Å². The maximum absolute atomic E-state index is 6.27. The van der Waals surface area contributed by atoms with Crippen LogP contribution in [-0.4, -0.2) is 23.1 Å². The Kier molecular flexibility index (Phi) is 3.18. The summed E-state index contributed by atoms with van der Waals surface area (Å²) < 4.78 is 0. The molecule has 3 nitrogen and oxygen atoms in total. The highest BCUT2D eigenvalue weighted by molar-refractivity contribution is 6.30. The molecule has 3 rings (SSSR count). The monoisotopic (exact) mass is 265 g/mol. The first-order chi connectivity index (χ1) is 8.69. The minimum Gasteiger partial charge on any atom is -0.356 e. The van der Waals surface area contributed by atoms with Crippen LogP contribution >= 0.6 is 11.6 Å². The lowest BCUT2D eigenvalue weighted by molar-refractivity contribution is 0.721. The lowest BCUT2D eigenvalue weighted by Crippen LogP contribution is -2.27. The number of hydrogen-bond donors (Lipinski definition) is 0. The lowest BCUT2D eigenvalue weighted by Gasteiger charge is -2.24. The summed E-state index contributed by atoms with van der Waals surface area (Å²) in [5.74, 6) is 3.44. The molecule has 2 aliphatic rings. The molecular weight excluding hydrogens is 246 g/mol. The number of hydrogen-bond acceptors (Lipinski definition) is 3. The molecule has 2 saturated carbocycles. The van der Waals surface area contributed by atoms with Crippen LogP contribution in [0, 0.1) is 12.8 Å². The predicted octanol–water partition coefficient (Wildman–Crippen LogP) is 3.55. The number of aromatic nitrogens is 2. The maximum atomic E-state index is 6.27. The van der Waals surface area contributed by atoms with Crippen molar-refractivity contribution in [1.29, 1.82) is 0 Å². The van der Waals surface area contributed by atoms with Crippen LogP contribution in [0.25, 0.3) is 0 Å². The third kappa shape index (κ3) is 2.46. The second kappa shape index (κ2) is 4.69. The molecule has 0 spiro atoms. The first-order valence-electron chi connectivity index (χ1n) is 6.98. The van der Waals surface area contributed by atoms with Crippen molar-refractivity contribution in [3.8, 4) is 0 Å². The Hall–Kier alpha value is -0.830. The van der Waals surface area contributed by atoms with E-state index < -0.39 is 0 Å². The molecule has 98 valence electrons. The van der Waals surface area contributed by atoms with Gasteiger partial charge in [0.15, 0.2) is 0 Å². The Balaban J connectivity index is 1.91. The second-order valence-electron chi connectivity index (χ2n) is 5.58. The second-order valence-corrected chi connectivity index (χ2v) is 5.94. The van der Waals surface area contributed by atoms with Gasteiger partial charge < -0.3 is 4.90 Å². The van der Waals surface area contributed by atoms with Gasteiger partial charge in [0.2, 0.25) is 0 Å². The number of nitrogens with zero attached hydrogens (tertiary/aromatic N) is 3. The van der Waals surface area contributed by atoms with Gasteiger partial charge in [-0.05, 0) is 45.4 Å². The molecule has 4 heteroatoms. The van der Waals surface area contributed by atoms with Crippen LogP contribution in [0.5, 0.6) is 0 Å². The summed E-state index contributed by atoms with van der Waals surface area (Å²) in [7, 11) is 0. The highest BCUT2D eigenvalue weighted by Gasteiger charge is 2.30. The zero-order chi connectivity index (χ0) is 12.7. The van der Waals surface area contributed by atoms with E-state index in [2.05, 4.69) is 16.8 Å². The molecule has 0 bridgehead atoms. The Labute approximate surface area is 114 Å².